The lowest BCUT2D eigenvalue weighted by atomic mass is 9.96. The first kappa shape index (κ1) is 50.3. The minimum absolute atomic E-state index is 0.0145. The van der Waals surface area contributed by atoms with Gasteiger partial charge in [-0.1, -0.05) is 107 Å². The molecule has 0 heterocycles. The minimum atomic E-state index is -1.58. The van der Waals surface area contributed by atoms with Crippen LogP contribution in [0.2, 0.25) is 0 Å². The fourth-order valence-electron chi connectivity index (χ4n) is 6.46. The topological polar surface area (TPSA) is 256 Å². The molecule has 9 N–H and O–H groups in total. The van der Waals surface area contributed by atoms with E-state index in [1.807, 2.05) is 43.3 Å². The van der Waals surface area contributed by atoms with Crippen molar-refractivity contribution < 1.29 is 48.1 Å². The molecule has 0 aliphatic heterocycles. The summed E-state index contributed by atoms with van der Waals surface area (Å²) in [6, 6.07) is 15.8. The number of alkyl carbamates (subject to hydrolysis) is 1. The third-order valence-electron chi connectivity index (χ3n) is 9.97. The van der Waals surface area contributed by atoms with E-state index in [-0.39, 0.29) is 24.7 Å². The Morgan fingerprint density at radius 3 is 1.87 bits per heavy atom. The van der Waals surface area contributed by atoms with Crippen LogP contribution in [0.1, 0.15) is 72.4 Å². The van der Waals surface area contributed by atoms with Crippen molar-refractivity contribution in [2.45, 2.75) is 116 Å². The average molecular weight is 862 g/mol. The van der Waals surface area contributed by atoms with E-state index in [1.165, 1.54) is 7.11 Å². The number of amides is 6. The number of methoxy groups -OCH3 is 1. The highest BCUT2D eigenvalue weighted by Crippen LogP contribution is 2.18. The van der Waals surface area contributed by atoms with Crippen LogP contribution in [0, 0.1) is 11.8 Å². The monoisotopic (exact) mass is 861 g/mol. The van der Waals surface area contributed by atoms with Crippen LogP contribution in [-0.4, -0.2) is 102 Å². The molecule has 62 heavy (non-hydrogen) atoms. The maximum absolute atomic E-state index is 14.0. The number of fused-ring (bicyclic) bond motifs is 1. The van der Waals surface area contributed by atoms with E-state index >= 15 is 0 Å². The van der Waals surface area contributed by atoms with Gasteiger partial charge in [-0.3, -0.25) is 29.3 Å². The Morgan fingerprint density at radius 1 is 0.694 bits per heavy atom. The Hall–Kier alpha value is -6.07. The van der Waals surface area contributed by atoms with Gasteiger partial charge in [0, 0.05) is 12.8 Å². The van der Waals surface area contributed by atoms with Gasteiger partial charge in [-0.25, -0.2) is 9.59 Å². The van der Waals surface area contributed by atoms with Crippen molar-refractivity contribution in [2.24, 2.45) is 17.6 Å². The van der Waals surface area contributed by atoms with Gasteiger partial charge < -0.3 is 46.9 Å². The molecule has 338 valence electrons. The number of hydrogen-bond donors (Lipinski definition) is 8. The second-order valence-corrected chi connectivity index (χ2v) is 16.6. The highest BCUT2D eigenvalue weighted by Gasteiger charge is 2.34. The molecule has 7 atom stereocenters. The number of ether oxygens (including phenoxy) is 2. The third-order valence-corrected chi connectivity index (χ3v) is 9.97. The van der Waals surface area contributed by atoms with Crippen molar-refractivity contribution in [1.29, 1.82) is 0 Å². The summed E-state index contributed by atoms with van der Waals surface area (Å²) < 4.78 is 10.3. The number of hydrogen-bond acceptors (Lipinski definition) is 11. The number of esters is 1. The molecule has 0 aromatic heterocycles. The molecule has 3 aromatic carbocycles. The Bertz CT molecular complexity index is 2010. The lowest BCUT2D eigenvalue weighted by molar-refractivity contribution is -0.147. The van der Waals surface area contributed by atoms with Gasteiger partial charge in [0.05, 0.1) is 26.1 Å². The van der Waals surface area contributed by atoms with Crippen molar-refractivity contribution in [2.75, 3.05) is 13.7 Å². The molecule has 0 aliphatic carbocycles. The fourth-order valence-corrected chi connectivity index (χ4v) is 6.46. The molecule has 3 aromatic rings. The number of primary amides is 1. The molecule has 0 saturated carbocycles. The number of carbonyl (C=O) groups excluding carboxylic acids is 7. The Morgan fingerprint density at radius 2 is 1.27 bits per heavy atom. The number of aliphatic hydroxyl groups is 1. The fraction of sp³-hybridized carbons (Fsp3) is 0.489. The zero-order valence-electron chi connectivity index (χ0n) is 36.8. The third kappa shape index (κ3) is 16.4. The maximum Gasteiger partial charge on any atom is 0.408 e. The molecule has 6 amide bonds. The molecular formula is C45H63N7O10. The van der Waals surface area contributed by atoms with Crippen LogP contribution in [0.15, 0.2) is 72.8 Å². The summed E-state index contributed by atoms with van der Waals surface area (Å²) in [4.78, 5) is 92.7. The van der Waals surface area contributed by atoms with E-state index in [2.05, 4.69) is 31.9 Å². The molecule has 0 bridgehead atoms. The molecule has 0 saturated heterocycles. The summed E-state index contributed by atoms with van der Waals surface area (Å²) in [6.45, 7) is 11.7. The van der Waals surface area contributed by atoms with Gasteiger partial charge >= 0.3 is 12.1 Å². The van der Waals surface area contributed by atoms with Crippen LogP contribution in [-0.2, 0) is 51.1 Å². The molecule has 17 nitrogen and oxygen atoms in total. The van der Waals surface area contributed by atoms with Gasteiger partial charge in [-0.05, 0) is 54.5 Å². The van der Waals surface area contributed by atoms with E-state index in [1.54, 1.807) is 77.9 Å². The van der Waals surface area contributed by atoms with E-state index in [4.69, 9.17) is 15.2 Å². The molecule has 0 spiro atoms. The van der Waals surface area contributed by atoms with Gasteiger partial charge in [0.1, 0.15) is 36.0 Å². The number of rotatable bonds is 22. The predicted molar refractivity (Wildman–Crippen MR) is 233 cm³/mol. The molecule has 3 rings (SSSR count). The summed E-state index contributed by atoms with van der Waals surface area (Å²) in [5.74, 6) is -5.17. The summed E-state index contributed by atoms with van der Waals surface area (Å²) in [7, 11) is 1.22. The number of benzene rings is 3. The molecule has 0 aliphatic rings. The number of nitrogens with two attached hydrogens (primary N) is 1. The first-order valence-electron chi connectivity index (χ1n) is 20.7. The van der Waals surface area contributed by atoms with Crippen molar-refractivity contribution in [3.8, 4) is 0 Å². The van der Waals surface area contributed by atoms with Crippen LogP contribution in [0.3, 0.4) is 0 Å². The number of carbonyl (C=O) groups is 7. The SMILES string of the molecule is CC[C@H](C)[C@H](NC(O)CNC(=O)[C@H](Cc1ccccc1)NC(=O)[C@H](CC(N)=O)NC(=O)[C@H](Cc1ccc2ccccc2c1)NC(=O)OC(C)(C)C)C(=O)N[C@H](C(=O)OC)C(C)C. The van der Waals surface area contributed by atoms with Crippen molar-refractivity contribution in [3.05, 3.63) is 83.9 Å². The first-order chi connectivity index (χ1) is 29.2. The lowest BCUT2D eigenvalue weighted by Crippen LogP contribution is -2.59. The van der Waals surface area contributed by atoms with Gasteiger partial charge in [-0.2, -0.15) is 0 Å². The van der Waals surface area contributed by atoms with Gasteiger partial charge in [-0.15, -0.1) is 0 Å². The Balaban J connectivity index is 1.82. The zero-order valence-corrected chi connectivity index (χ0v) is 36.8. The minimum Gasteiger partial charge on any atom is -0.467 e. The first-order valence-corrected chi connectivity index (χ1v) is 20.7. The van der Waals surface area contributed by atoms with Crippen LogP contribution in [0.25, 0.3) is 10.8 Å². The predicted octanol–water partition coefficient (Wildman–Crippen LogP) is 2.12. The highest BCUT2D eigenvalue weighted by molar-refractivity contribution is 5.96. The van der Waals surface area contributed by atoms with Crippen molar-refractivity contribution >= 4 is 52.4 Å². The van der Waals surface area contributed by atoms with Crippen molar-refractivity contribution in [3.63, 3.8) is 0 Å². The molecule has 1 unspecified atom stereocenters. The van der Waals surface area contributed by atoms with Gasteiger partial charge in [0.15, 0.2) is 0 Å². The van der Waals surface area contributed by atoms with Crippen LogP contribution >= 0.6 is 0 Å². The summed E-state index contributed by atoms with van der Waals surface area (Å²) in [6.07, 6.45) is -2.51. The van der Waals surface area contributed by atoms with Gasteiger partial charge in [0.25, 0.3) is 0 Å². The van der Waals surface area contributed by atoms with E-state index in [9.17, 15) is 38.7 Å². The second-order valence-electron chi connectivity index (χ2n) is 16.6. The Kier molecular flexibility index (Phi) is 19.3. The number of aliphatic hydroxyl groups excluding tert-OH is 1. The molecule has 17 heteroatoms. The summed E-state index contributed by atoms with van der Waals surface area (Å²) >= 11 is 0. The standard InChI is InChI=1S/C45H63N7O10/c1-9-27(4)38(42(58)52-37(26(2)3)43(59)61-8)51-36(54)25-47-39(55)32(22-28-15-11-10-12-16-28)48-41(57)34(24-35(46)53)49-40(56)33(50-44(60)62-45(5,6)7)23-29-19-20-30-17-13-14-18-31(30)21-29/h10-21,26-27,32-34,36-38,51,54H,9,22-25H2,1-8H3,(H2,46,53)(H,47,55)(H,48,57)(H,49,56)(H,50,60)(H,52,58)/t27-,32-,33-,34-,36?,37-,38-/m0/s1. The number of nitrogens with one attached hydrogen (secondary N) is 6. The van der Waals surface area contributed by atoms with Crippen LogP contribution in [0.4, 0.5) is 4.79 Å². The quantitative estimate of drug-likeness (QED) is 0.0536. The summed E-state index contributed by atoms with van der Waals surface area (Å²) in [5.41, 5.74) is 5.98. The normalized spacial score (nSPS) is 14.8. The summed E-state index contributed by atoms with van der Waals surface area (Å²) in [5, 5.41) is 28.7. The van der Waals surface area contributed by atoms with E-state index in [0.29, 0.717) is 17.5 Å². The van der Waals surface area contributed by atoms with E-state index in [0.717, 1.165) is 10.8 Å². The second kappa shape index (κ2) is 23.8. The van der Waals surface area contributed by atoms with Gasteiger partial charge in [0.2, 0.25) is 29.5 Å². The largest absolute Gasteiger partial charge is 0.467 e. The zero-order chi connectivity index (χ0) is 46.1. The highest BCUT2D eigenvalue weighted by atomic mass is 16.6. The Labute approximate surface area is 363 Å². The van der Waals surface area contributed by atoms with Crippen LogP contribution in [0.5, 0.6) is 0 Å². The lowest BCUT2D eigenvalue weighted by Gasteiger charge is -2.29. The maximum atomic E-state index is 14.0. The molecule has 0 fully saturated rings. The van der Waals surface area contributed by atoms with E-state index < -0.39 is 96.6 Å². The molecule has 0 radical (unpaired) electrons. The smallest absolute Gasteiger partial charge is 0.408 e. The molecular weight excluding hydrogens is 799 g/mol. The van der Waals surface area contributed by atoms with Crippen molar-refractivity contribution in [1.82, 2.24) is 31.9 Å². The van der Waals surface area contributed by atoms with Crippen LogP contribution < -0.4 is 37.6 Å². The average Bonchev–Trinajstić information content (AvgIpc) is 3.21.